The quantitative estimate of drug-likeness (QED) is 0.628. The molecular weight excluding hydrogens is 238 g/mol. The van der Waals surface area contributed by atoms with Crippen LogP contribution >= 0.6 is 0 Å². The van der Waals surface area contributed by atoms with Gasteiger partial charge in [-0.1, -0.05) is 37.3 Å². The summed E-state index contributed by atoms with van der Waals surface area (Å²) in [4.78, 5) is 11.7. The maximum absolute atomic E-state index is 11.7. The average molecular weight is 259 g/mol. The predicted octanol–water partition coefficient (Wildman–Crippen LogP) is 3.39. The van der Waals surface area contributed by atoms with Gasteiger partial charge in [-0.2, -0.15) is 0 Å². The summed E-state index contributed by atoms with van der Waals surface area (Å²) in [5, 5.41) is 2.98. The smallest absolute Gasteiger partial charge is 0.244 e. The van der Waals surface area contributed by atoms with Gasteiger partial charge in [0.15, 0.2) is 0 Å². The Labute approximate surface area is 115 Å². The normalized spacial score (nSPS) is 12.8. The van der Waals surface area contributed by atoms with Crippen LogP contribution in [0.4, 0.5) is 0 Å². The van der Waals surface area contributed by atoms with E-state index in [1.165, 1.54) is 6.08 Å². The maximum atomic E-state index is 11.7. The molecule has 0 aliphatic carbocycles. The molecule has 0 saturated carbocycles. The fourth-order valence-electron chi connectivity index (χ4n) is 1.73. The molecule has 1 rings (SSSR count). The third-order valence-electron chi connectivity index (χ3n) is 2.79. The first kappa shape index (κ1) is 15.0. The zero-order valence-corrected chi connectivity index (χ0v) is 11.7. The summed E-state index contributed by atoms with van der Waals surface area (Å²) in [5.41, 5.74) is 1.08. The second kappa shape index (κ2) is 8.14. The van der Waals surface area contributed by atoms with Gasteiger partial charge in [0.2, 0.25) is 5.91 Å². The van der Waals surface area contributed by atoms with Crippen LogP contribution in [-0.2, 0) is 4.79 Å². The van der Waals surface area contributed by atoms with Crippen molar-refractivity contribution < 1.29 is 9.53 Å². The van der Waals surface area contributed by atoms with Gasteiger partial charge in [0, 0.05) is 6.08 Å². The Balaban J connectivity index is 2.69. The number of benzene rings is 1. The predicted molar refractivity (Wildman–Crippen MR) is 78.1 cm³/mol. The first-order valence-electron chi connectivity index (χ1n) is 6.45. The highest BCUT2D eigenvalue weighted by atomic mass is 16.5. The Kier molecular flexibility index (Phi) is 6.44. The number of amides is 1. The highest BCUT2D eigenvalue weighted by Crippen LogP contribution is 2.19. The zero-order chi connectivity index (χ0) is 14.1. The van der Waals surface area contributed by atoms with Gasteiger partial charge in [-0.3, -0.25) is 4.79 Å². The van der Waals surface area contributed by atoms with Crippen molar-refractivity contribution in [1.82, 2.24) is 5.32 Å². The highest BCUT2D eigenvalue weighted by molar-refractivity contribution is 5.88. The standard InChI is InChI=1S/C16H21NO2/c1-4-6-7-8-16(18)17-15(5-2)13-9-11-14(19-3)12-10-13/h4,6-12,15H,5H2,1-3H3,(H,17,18)/b6-4+,8-7+/t15-/m0/s1. The van der Waals surface area contributed by atoms with Crippen LogP contribution in [0, 0.1) is 0 Å². The number of hydrogen-bond acceptors (Lipinski definition) is 2. The molecule has 0 saturated heterocycles. The van der Waals surface area contributed by atoms with Crippen LogP contribution in [0.5, 0.6) is 5.75 Å². The van der Waals surface area contributed by atoms with Crippen molar-refractivity contribution in [3.8, 4) is 5.75 Å². The van der Waals surface area contributed by atoms with Crippen LogP contribution in [0.25, 0.3) is 0 Å². The van der Waals surface area contributed by atoms with Gasteiger partial charge in [-0.15, -0.1) is 0 Å². The van der Waals surface area contributed by atoms with E-state index in [1.54, 1.807) is 13.2 Å². The van der Waals surface area contributed by atoms with Crippen molar-refractivity contribution in [2.45, 2.75) is 26.3 Å². The Morgan fingerprint density at radius 2 is 2.00 bits per heavy atom. The first-order valence-corrected chi connectivity index (χ1v) is 6.45. The molecule has 0 spiro atoms. The van der Waals surface area contributed by atoms with E-state index in [1.807, 2.05) is 50.3 Å². The minimum absolute atomic E-state index is 0.0219. The summed E-state index contributed by atoms with van der Waals surface area (Å²) in [6.07, 6.45) is 7.82. The molecule has 1 atom stereocenters. The molecule has 0 fully saturated rings. The summed E-state index contributed by atoms with van der Waals surface area (Å²) in [6, 6.07) is 7.78. The van der Waals surface area contributed by atoms with Crippen molar-refractivity contribution in [2.24, 2.45) is 0 Å². The second-order valence-electron chi connectivity index (χ2n) is 4.13. The third-order valence-corrected chi connectivity index (χ3v) is 2.79. The number of carbonyl (C=O) groups excluding carboxylic acids is 1. The zero-order valence-electron chi connectivity index (χ0n) is 11.7. The molecule has 1 N–H and O–H groups in total. The fourth-order valence-corrected chi connectivity index (χ4v) is 1.73. The van der Waals surface area contributed by atoms with E-state index in [4.69, 9.17) is 4.74 Å². The maximum Gasteiger partial charge on any atom is 0.244 e. The lowest BCUT2D eigenvalue weighted by molar-refractivity contribution is -0.117. The van der Waals surface area contributed by atoms with E-state index in [-0.39, 0.29) is 11.9 Å². The molecule has 0 radical (unpaired) electrons. The fraction of sp³-hybridized carbons (Fsp3) is 0.312. The molecule has 0 bridgehead atoms. The van der Waals surface area contributed by atoms with Crippen LogP contribution in [0.3, 0.4) is 0 Å². The molecule has 1 aromatic carbocycles. The second-order valence-corrected chi connectivity index (χ2v) is 4.13. The van der Waals surface area contributed by atoms with Gasteiger partial charge in [0.1, 0.15) is 5.75 Å². The number of rotatable bonds is 6. The van der Waals surface area contributed by atoms with E-state index >= 15 is 0 Å². The summed E-state index contributed by atoms with van der Waals surface area (Å²) in [7, 11) is 1.64. The number of nitrogens with one attached hydrogen (secondary N) is 1. The van der Waals surface area contributed by atoms with Crippen molar-refractivity contribution in [2.75, 3.05) is 7.11 Å². The molecule has 0 heterocycles. The van der Waals surface area contributed by atoms with E-state index < -0.39 is 0 Å². The topological polar surface area (TPSA) is 38.3 Å². The van der Waals surface area contributed by atoms with Crippen molar-refractivity contribution >= 4 is 5.91 Å². The van der Waals surface area contributed by atoms with Gasteiger partial charge >= 0.3 is 0 Å². The SMILES string of the molecule is C/C=C/C=C/C(=O)N[C@@H](CC)c1ccc(OC)cc1. The number of carbonyl (C=O) groups is 1. The molecule has 0 unspecified atom stereocenters. The molecule has 0 aromatic heterocycles. The Bertz CT molecular complexity index is 446. The Hall–Kier alpha value is -2.03. The van der Waals surface area contributed by atoms with Gasteiger partial charge in [0.05, 0.1) is 13.2 Å². The lowest BCUT2D eigenvalue weighted by Crippen LogP contribution is -2.26. The molecule has 3 heteroatoms. The molecule has 1 amide bonds. The molecule has 102 valence electrons. The molecule has 0 aliphatic heterocycles. The van der Waals surface area contributed by atoms with Crippen LogP contribution in [0.15, 0.2) is 48.6 Å². The molecular formula is C16H21NO2. The summed E-state index contributed by atoms with van der Waals surface area (Å²) >= 11 is 0. The lowest BCUT2D eigenvalue weighted by Gasteiger charge is -2.16. The Morgan fingerprint density at radius 3 is 2.53 bits per heavy atom. The minimum atomic E-state index is -0.0826. The van der Waals surface area contributed by atoms with E-state index in [2.05, 4.69) is 5.32 Å². The Morgan fingerprint density at radius 1 is 1.32 bits per heavy atom. The summed E-state index contributed by atoms with van der Waals surface area (Å²) < 4.78 is 5.12. The van der Waals surface area contributed by atoms with Crippen molar-refractivity contribution in [3.63, 3.8) is 0 Å². The average Bonchev–Trinajstić information content (AvgIpc) is 2.45. The number of allylic oxidation sites excluding steroid dienone is 3. The number of ether oxygens (including phenoxy) is 1. The minimum Gasteiger partial charge on any atom is -0.497 e. The van der Waals surface area contributed by atoms with E-state index in [0.717, 1.165) is 17.7 Å². The van der Waals surface area contributed by atoms with Crippen LogP contribution < -0.4 is 10.1 Å². The van der Waals surface area contributed by atoms with Crippen LogP contribution in [0.2, 0.25) is 0 Å². The van der Waals surface area contributed by atoms with Crippen molar-refractivity contribution in [1.29, 1.82) is 0 Å². The van der Waals surface area contributed by atoms with Crippen LogP contribution in [-0.4, -0.2) is 13.0 Å². The van der Waals surface area contributed by atoms with Crippen molar-refractivity contribution in [3.05, 3.63) is 54.1 Å². The van der Waals surface area contributed by atoms with Gasteiger partial charge in [-0.05, 0) is 31.0 Å². The molecule has 1 aromatic rings. The molecule has 3 nitrogen and oxygen atoms in total. The van der Waals surface area contributed by atoms with E-state index in [9.17, 15) is 4.79 Å². The number of hydrogen-bond donors (Lipinski definition) is 1. The third kappa shape index (κ3) is 5.00. The van der Waals surface area contributed by atoms with Gasteiger partial charge < -0.3 is 10.1 Å². The van der Waals surface area contributed by atoms with E-state index in [0.29, 0.717) is 0 Å². The number of methoxy groups -OCH3 is 1. The summed E-state index contributed by atoms with van der Waals surface area (Å²) in [5.74, 6) is 0.735. The largest absolute Gasteiger partial charge is 0.497 e. The lowest BCUT2D eigenvalue weighted by atomic mass is 10.0. The van der Waals surface area contributed by atoms with Gasteiger partial charge in [0.25, 0.3) is 0 Å². The molecule has 0 aliphatic rings. The first-order chi connectivity index (χ1) is 9.21. The van der Waals surface area contributed by atoms with Gasteiger partial charge in [-0.25, -0.2) is 0 Å². The monoisotopic (exact) mass is 259 g/mol. The van der Waals surface area contributed by atoms with Crippen LogP contribution in [0.1, 0.15) is 31.9 Å². The molecule has 19 heavy (non-hydrogen) atoms. The summed E-state index contributed by atoms with van der Waals surface area (Å²) in [6.45, 7) is 3.96. The highest BCUT2D eigenvalue weighted by Gasteiger charge is 2.10.